The molecule has 37 heavy (non-hydrogen) atoms. The van der Waals surface area contributed by atoms with E-state index in [0.717, 1.165) is 36.4 Å². The Kier molecular flexibility index (Phi) is 6.10. The lowest BCUT2D eigenvalue weighted by Crippen LogP contribution is -2.39. The van der Waals surface area contributed by atoms with Crippen LogP contribution >= 0.6 is 11.3 Å². The van der Waals surface area contributed by atoms with Gasteiger partial charge in [-0.3, -0.25) is 18.9 Å². The first-order chi connectivity index (χ1) is 17.9. The van der Waals surface area contributed by atoms with E-state index in [1.54, 1.807) is 17.0 Å². The van der Waals surface area contributed by atoms with Crippen LogP contribution in [-0.4, -0.2) is 75.4 Å². The molecule has 1 atom stereocenters. The molecule has 0 saturated carbocycles. The van der Waals surface area contributed by atoms with Crippen molar-refractivity contribution in [3.8, 4) is 0 Å². The maximum atomic E-state index is 14.0. The third kappa shape index (κ3) is 4.05. The number of amides is 1. The Morgan fingerprint density at radius 1 is 1.14 bits per heavy atom. The minimum atomic E-state index is -0.788. The molecule has 9 nitrogen and oxygen atoms in total. The number of furan rings is 1. The van der Waals surface area contributed by atoms with Gasteiger partial charge in [0.25, 0.3) is 5.91 Å². The molecule has 0 aliphatic carbocycles. The van der Waals surface area contributed by atoms with Gasteiger partial charge in [-0.1, -0.05) is 23.5 Å². The van der Waals surface area contributed by atoms with E-state index in [9.17, 15) is 14.7 Å². The standard InChI is InChI=1S/C27H28N4O5S/c1-16-8-9-20(36-16)22-21(24(33)26(34)30(22)11-5-10-29-12-14-35-15-13-29)23(32)25-17(2)31-19-7-4-3-6-18(19)28-27(31)37-25/h3-4,6-9,22,33H,5,10-15H2,1-2H3. The Bertz CT molecular complexity index is 1540. The number of thiazole rings is 1. The fourth-order valence-corrected chi connectivity index (χ4v) is 6.39. The van der Waals surface area contributed by atoms with Gasteiger partial charge in [0.2, 0.25) is 5.78 Å². The topological polar surface area (TPSA) is 101 Å². The van der Waals surface area contributed by atoms with Crippen molar-refractivity contribution in [1.29, 1.82) is 0 Å². The van der Waals surface area contributed by atoms with E-state index < -0.39 is 17.7 Å². The van der Waals surface area contributed by atoms with Crippen LogP contribution in [0.4, 0.5) is 0 Å². The van der Waals surface area contributed by atoms with Crippen LogP contribution in [0, 0.1) is 13.8 Å². The molecule has 0 spiro atoms. The number of carbonyl (C=O) groups is 2. The Hall–Kier alpha value is -3.47. The van der Waals surface area contributed by atoms with Crippen molar-refractivity contribution in [2.75, 3.05) is 39.4 Å². The zero-order chi connectivity index (χ0) is 25.7. The number of aryl methyl sites for hydroxylation is 2. The monoisotopic (exact) mass is 520 g/mol. The van der Waals surface area contributed by atoms with E-state index in [2.05, 4.69) is 9.88 Å². The molecule has 1 N–H and O–H groups in total. The van der Waals surface area contributed by atoms with E-state index in [1.807, 2.05) is 42.5 Å². The number of nitrogens with zero attached hydrogens (tertiary/aromatic N) is 4. The maximum Gasteiger partial charge on any atom is 0.290 e. The van der Waals surface area contributed by atoms with Crippen molar-refractivity contribution in [2.24, 2.45) is 0 Å². The lowest BCUT2D eigenvalue weighted by Gasteiger charge is -2.29. The highest BCUT2D eigenvalue weighted by Crippen LogP contribution is 2.41. The number of ether oxygens (including phenoxy) is 1. The van der Waals surface area contributed by atoms with Crippen molar-refractivity contribution >= 4 is 39.0 Å². The molecule has 4 aromatic rings. The molecular weight excluding hydrogens is 492 g/mol. The number of carbonyl (C=O) groups excluding carboxylic acids is 2. The van der Waals surface area contributed by atoms with Crippen LogP contribution in [0.15, 0.2) is 52.1 Å². The summed E-state index contributed by atoms with van der Waals surface area (Å²) >= 11 is 1.27. The van der Waals surface area contributed by atoms with E-state index in [4.69, 9.17) is 9.15 Å². The van der Waals surface area contributed by atoms with Crippen LogP contribution in [-0.2, 0) is 9.53 Å². The number of ketones is 1. The number of aliphatic hydroxyl groups is 1. The molecular formula is C27H28N4O5S. The predicted octanol–water partition coefficient (Wildman–Crippen LogP) is 4.06. The highest BCUT2D eigenvalue weighted by molar-refractivity contribution is 7.19. The number of fused-ring (bicyclic) bond motifs is 3. The van der Waals surface area contributed by atoms with Crippen LogP contribution in [0.3, 0.4) is 0 Å². The highest BCUT2D eigenvalue weighted by Gasteiger charge is 2.46. The van der Waals surface area contributed by atoms with Gasteiger partial charge in [-0.15, -0.1) is 0 Å². The number of aliphatic hydroxyl groups excluding tert-OH is 1. The number of morpholine rings is 1. The van der Waals surface area contributed by atoms with Crippen LogP contribution in [0.2, 0.25) is 0 Å². The quantitative estimate of drug-likeness (QED) is 0.367. The van der Waals surface area contributed by atoms with Gasteiger partial charge in [0.05, 0.1) is 34.7 Å². The molecule has 1 amide bonds. The minimum absolute atomic E-state index is 0.0580. The molecule has 5 heterocycles. The second-order valence-electron chi connectivity index (χ2n) is 9.48. The number of rotatable bonds is 7. The summed E-state index contributed by atoms with van der Waals surface area (Å²) in [6.07, 6.45) is 0.703. The maximum absolute atomic E-state index is 14.0. The molecule has 0 bridgehead atoms. The fourth-order valence-electron chi connectivity index (χ4n) is 5.30. The molecule has 6 rings (SSSR count). The van der Waals surface area contributed by atoms with Crippen LogP contribution < -0.4 is 0 Å². The summed E-state index contributed by atoms with van der Waals surface area (Å²) in [4.78, 5) is 36.9. The molecule has 192 valence electrons. The van der Waals surface area contributed by atoms with Crippen molar-refractivity contribution in [3.63, 3.8) is 0 Å². The van der Waals surface area contributed by atoms with Gasteiger partial charge >= 0.3 is 0 Å². The SMILES string of the molecule is Cc1ccc(C2C(C(=O)c3sc4nc5ccccc5n4c3C)=C(O)C(=O)N2CCCN2CCOCC2)o1. The van der Waals surface area contributed by atoms with Gasteiger partial charge in [0.1, 0.15) is 17.6 Å². The van der Waals surface area contributed by atoms with Crippen LogP contribution in [0.25, 0.3) is 16.0 Å². The summed E-state index contributed by atoms with van der Waals surface area (Å²) < 4.78 is 13.3. The lowest BCUT2D eigenvalue weighted by molar-refractivity contribution is -0.129. The summed E-state index contributed by atoms with van der Waals surface area (Å²) in [5, 5.41) is 11.0. The number of hydrogen-bond acceptors (Lipinski definition) is 8. The van der Waals surface area contributed by atoms with Crippen LogP contribution in [0.5, 0.6) is 0 Å². The average molecular weight is 521 g/mol. The molecule has 1 unspecified atom stereocenters. The number of aromatic nitrogens is 2. The second-order valence-corrected chi connectivity index (χ2v) is 10.5. The summed E-state index contributed by atoms with van der Waals surface area (Å²) in [6, 6.07) is 10.5. The zero-order valence-electron chi connectivity index (χ0n) is 20.8. The Labute approximate surface area is 217 Å². The van der Waals surface area contributed by atoms with Crippen molar-refractivity contribution < 1.29 is 23.8 Å². The summed E-state index contributed by atoms with van der Waals surface area (Å²) in [5.41, 5.74) is 2.55. The van der Waals surface area contributed by atoms with E-state index in [0.29, 0.717) is 47.5 Å². The summed E-state index contributed by atoms with van der Waals surface area (Å²) in [7, 11) is 0. The second kappa shape index (κ2) is 9.44. The fraction of sp³-hybridized carbons (Fsp3) is 0.370. The average Bonchev–Trinajstić information content (AvgIpc) is 3.63. The van der Waals surface area contributed by atoms with Crippen LogP contribution in [0.1, 0.15) is 39.3 Å². The van der Waals surface area contributed by atoms with Crippen molar-refractivity contribution in [3.05, 3.63) is 69.8 Å². The lowest BCUT2D eigenvalue weighted by atomic mass is 9.99. The molecule has 2 aliphatic rings. The van der Waals surface area contributed by atoms with Gasteiger partial charge in [-0.05, 0) is 44.5 Å². The van der Waals surface area contributed by atoms with Gasteiger partial charge in [0, 0.05) is 31.9 Å². The van der Waals surface area contributed by atoms with Gasteiger partial charge in [-0.25, -0.2) is 4.98 Å². The van der Waals surface area contributed by atoms with E-state index in [-0.39, 0.29) is 11.4 Å². The number of hydrogen-bond donors (Lipinski definition) is 1. The first-order valence-electron chi connectivity index (χ1n) is 12.5. The van der Waals surface area contributed by atoms with E-state index in [1.165, 1.54) is 11.3 Å². The Morgan fingerprint density at radius 3 is 2.68 bits per heavy atom. The smallest absolute Gasteiger partial charge is 0.290 e. The Morgan fingerprint density at radius 2 is 1.92 bits per heavy atom. The first kappa shape index (κ1) is 23.9. The van der Waals surface area contributed by atoms with Crippen molar-refractivity contribution in [2.45, 2.75) is 26.3 Å². The molecule has 1 saturated heterocycles. The molecule has 1 fully saturated rings. The van der Waals surface area contributed by atoms with Gasteiger partial charge in [0.15, 0.2) is 10.7 Å². The molecule has 1 aromatic carbocycles. The van der Waals surface area contributed by atoms with E-state index >= 15 is 0 Å². The zero-order valence-corrected chi connectivity index (χ0v) is 21.6. The van der Waals surface area contributed by atoms with Gasteiger partial charge in [-0.2, -0.15) is 0 Å². The largest absolute Gasteiger partial charge is 0.503 e. The summed E-state index contributed by atoms with van der Waals surface area (Å²) in [5.74, 6) is -0.294. The third-order valence-electron chi connectivity index (χ3n) is 7.15. The van der Waals surface area contributed by atoms with Gasteiger partial charge < -0.3 is 19.2 Å². The van der Waals surface area contributed by atoms with Crippen molar-refractivity contribution in [1.82, 2.24) is 19.2 Å². The first-order valence-corrected chi connectivity index (χ1v) is 13.3. The molecule has 3 aromatic heterocycles. The number of imidazole rings is 1. The normalized spacial score (nSPS) is 19.1. The molecule has 0 radical (unpaired) electrons. The third-order valence-corrected chi connectivity index (χ3v) is 8.29. The molecule has 10 heteroatoms. The number of Topliss-reactive ketones (excluding diaryl/α,β-unsaturated/α-hetero) is 1. The number of para-hydroxylation sites is 2. The summed E-state index contributed by atoms with van der Waals surface area (Å²) in [6.45, 7) is 8.00. The predicted molar refractivity (Wildman–Crippen MR) is 139 cm³/mol. The molecule has 2 aliphatic heterocycles. The highest BCUT2D eigenvalue weighted by atomic mass is 32.1. The number of benzene rings is 1. The Balaban J connectivity index is 1.34. The minimum Gasteiger partial charge on any atom is -0.503 e.